The van der Waals surface area contributed by atoms with E-state index in [2.05, 4.69) is 31.2 Å². The van der Waals surface area contributed by atoms with Gasteiger partial charge in [-0.3, -0.25) is 14.6 Å². The number of carbonyl (C=O) groups is 2. The van der Waals surface area contributed by atoms with Crippen molar-refractivity contribution in [1.29, 1.82) is 0 Å². The van der Waals surface area contributed by atoms with E-state index in [1.54, 1.807) is 12.4 Å². The van der Waals surface area contributed by atoms with Crippen LogP contribution in [0.25, 0.3) is 0 Å². The number of hydrogen-bond donors (Lipinski definition) is 4. The number of anilines is 2. The third kappa shape index (κ3) is 4.04. The molecule has 9 nitrogen and oxygen atoms in total. The minimum Gasteiger partial charge on any atom is -0.352 e. The lowest BCUT2D eigenvalue weighted by Crippen LogP contribution is -2.35. The first kappa shape index (κ1) is 16.6. The number of urea groups is 1. The van der Waals surface area contributed by atoms with E-state index in [-0.39, 0.29) is 24.5 Å². The summed E-state index contributed by atoms with van der Waals surface area (Å²) in [6.07, 6.45) is 11.5. The van der Waals surface area contributed by atoms with Gasteiger partial charge in [-0.2, -0.15) is 10.2 Å². The van der Waals surface area contributed by atoms with Crippen molar-refractivity contribution in [3.05, 3.63) is 24.3 Å². The molecular formula is C17H23N7O2. The molecule has 3 amide bonds. The highest BCUT2D eigenvalue weighted by Gasteiger charge is 2.28. The number of amides is 3. The lowest BCUT2D eigenvalue weighted by Gasteiger charge is -2.11. The van der Waals surface area contributed by atoms with Crippen molar-refractivity contribution in [3.63, 3.8) is 0 Å². The summed E-state index contributed by atoms with van der Waals surface area (Å²) < 4.78 is 1.52. The van der Waals surface area contributed by atoms with Crippen LogP contribution >= 0.6 is 0 Å². The zero-order valence-corrected chi connectivity index (χ0v) is 14.5. The monoisotopic (exact) mass is 357 g/mol. The Balaban J connectivity index is 1.28. The minimum absolute atomic E-state index is 0.0523. The Labute approximate surface area is 150 Å². The van der Waals surface area contributed by atoms with Crippen molar-refractivity contribution in [2.24, 2.45) is 0 Å². The molecule has 2 saturated carbocycles. The predicted molar refractivity (Wildman–Crippen MR) is 95.8 cm³/mol. The van der Waals surface area contributed by atoms with Gasteiger partial charge in [0.2, 0.25) is 5.91 Å². The molecule has 0 atom stereocenters. The molecule has 0 aromatic carbocycles. The predicted octanol–water partition coefficient (Wildman–Crippen LogP) is 2.19. The molecule has 138 valence electrons. The standard InChI is InChI=1S/C17H23N7O2/c25-15(20-12-3-1-2-4-12)10-24-9-13(7-19-24)21-17(26)22-14-8-18-23-16(14)11-5-6-11/h7-9,11-12H,1-6,10H2,(H,18,23)(H,20,25)(H2,21,22,26). The van der Waals surface area contributed by atoms with Crippen LogP contribution in [-0.2, 0) is 11.3 Å². The summed E-state index contributed by atoms with van der Waals surface area (Å²) >= 11 is 0. The average Bonchev–Trinajstić information content (AvgIpc) is 2.99. The maximum atomic E-state index is 12.2. The molecule has 0 spiro atoms. The number of nitrogens with zero attached hydrogens (tertiary/aromatic N) is 3. The van der Waals surface area contributed by atoms with Gasteiger partial charge < -0.3 is 16.0 Å². The first-order valence-electron chi connectivity index (χ1n) is 9.10. The highest BCUT2D eigenvalue weighted by Crippen LogP contribution is 2.42. The van der Waals surface area contributed by atoms with Crippen LogP contribution in [0.5, 0.6) is 0 Å². The topological polar surface area (TPSA) is 117 Å². The SMILES string of the molecule is O=C(Cn1cc(NC(=O)Nc2cn[nH]c2C2CC2)cn1)NC1CCCC1. The molecule has 2 aromatic heterocycles. The normalized spacial score (nSPS) is 17.2. The quantitative estimate of drug-likeness (QED) is 0.634. The van der Waals surface area contributed by atoms with E-state index in [0.717, 1.165) is 31.4 Å². The fourth-order valence-electron chi connectivity index (χ4n) is 3.37. The van der Waals surface area contributed by atoms with Gasteiger partial charge in [-0.05, 0) is 25.7 Å². The van der Waals surface area contributed by atoms with Gasteiger partial charge in [0.25, 0.3) is 0 Å². The zero-order valence-electron chi connectivity index (χ0n) is 14.5. The van der Waals surface area contributed by atoms with E-state index in [9.17, 15) is 9.59 Å². The van der Waals surface area contributed by atoms with Crippen molar-refractivity contribution in [2.45, 2.75) is 57.0 Å². The molecule has 0 saturated heterocycles. The molecular weight excluding hydrogens is 334 g/mol. The van der Waals surface area contributed by atoms with Crippen LogP contribution in [0.3, 0.4) is 0 Å². The maximum Gasteiger partial charge on any atom is 0.323 e. The first-order valence-corrected chi connectivity index (χ1v) is 9.10. The van der Waals surface area contributed by atoms with E-state index >= 15 is 0 Å². The van der Waals surface area contributed by atoms with E-state index < -0.39 is 0 Å². The second kappa shape index (κ2) is 7.19. The zero-order chi connectivity index (χ0) is 17.9. The van der Waals surface area contributed by atoms with Gasteiger partial charge in [-0.1, -0.05) is 12.8 Å². The average molecular weight is 357 g/mol. The fourth-order valence-corrected chi connectivity index (χ4v) is 3.37. The van der Waals surface area contributed by atoms with Crippen LogP contribution in [0.15, 0.2) is 18.6 Å². The van der Waals surface area contributed by atoms with Crippen LogP contribution in [0.1, 0.15) is 50.1 Å². The number of hydrogen-bond acceptors (Lipinski definition) is 4. The Hall–Kier alpha value is -2.84. The Bertz CT molecular complexity index is 787. The van der Waals surface area contributed by atoms with Gasteiger partial charge >= 0.3 is 6.03 Å². The van der Waals surface area contributed by atoms with E-state index in [1.807, 2.05) is 0 Å². The van der Waals surface area contributed by atoms with Crippen LogP contribution in [0.2, 0.25) is 0 Å². The first-order chi connectivity index (χ1) is 12.7. The van der Waals surface area contributed by atoms with Crippen molar-refractivity contribution >= 4 is 23.3 Å². The molecule has 2 aliphatic rings. The molecule has 2 fully saturated rings. The van der Waals surface area contributed by atoms with Gasteiger partial charge in [0.15, 0.2) is 0 Å². The number of aromatic amines is 1. The smallest absolute Gasteiger partial charge is 0.323 e. The summed E-state index contributed by atoms with van der Waals surface area (Å²) in [5.74, 6) is 0.414. The van der Waals surface area contributed by atoms with Crippen molar-refractivity contribution < 1.29 is 9.59 Å². The summed E-state index contributed by atoms with van der Waals surface area (Å²) in [6, 6.07) is -0.0692. The fraction of sp³-hybridized carbons (Fsp3) is 0.529. The van der Waals surface area contributed by atoms with Crippen LogP contribution in [0, 0.1) is 0 Å². The summed E-state index contributed by atoms with van der Waals surface area (Å²) in [5.41, 5.74) is 2.21. The largest absolute Gasteiger partial charge is 0.352 e. The number of rotatable bonds is 6. The lowest BCUT2D eigenvalue weighted by atomic mass is 10.2. The summed E-state index contributed by atoms with van der Waals surface area (Å²) in [6.45, 7) is 0.146. The Kier molecular flexibility index (Phi) is 4.59. The van der Waals surface area contributed by atoms with Gasteiger partial charge in [0, 0.05) is 18.2 Å². The molecule has 0 unspecified atom stereocenters. The third-order valence-corrected chi connectivity index (χ3v) is 4.82. The second-order valence-electron chi connectivity index (χ2n) is 7.03. The van der Waals surface area contributed by atoms with Gasteiger partial charge in [-0.15, -0.1) is 0 Å². The van der Waals surface area contributed by atoms with E-state index in [1.165, 1.54) is 23.7 Å². The highest BCUT2D eigenvalue weighted by molar-refractivity contribution is 5.99. The van der Waals surface area contributed by atoms with Gasteiger partial charge in [0.05, 0.1) is 29.5 Å². The lowest BCUT2D eigenvalue weighted by molar-refractivity contribution is -0.122. The molecule has 2 heterocycles. The van der Waals surface area contributed by atoms with Crippen LogP contribution in [0.4, 0.5) is 16.2 Å². The van der Waals surface area contributed by atoms with Crippen molar-refractivity contribution in [1.82, 2.24) is 25.3 Å². The third-order valence-electron chi connectivity index (χ3n) is 4.82. The number of aromatic nitrogens is 4. The molecule has 2 aromatic rings. The maximum absolute atomic E-state index is 12.2. The number of carbonyl (C=O) groups excluding carboxylic acids is 2. The Morgan fingerprint density at radius 3 is 2.73 bits per heavy atom. The molecule has 4 rings (SSSR count). The summed E-state index contributed by atoms with van der Waals surface area (Å²) in [7, 11) is 0. The summed E-state index contributed by atoms with van der Waals surface area (Å²) in [4.78, 5) is 24.2. The molecule has 0 radical (unpaired) electrons. The molecule has 26 heavy (non-hydrogen) atoms. The minimum atomic E-state index is -0.358. The second-order valence-corrected chi connectivity index (χ2v) is 7.03. The molecule has 0 aliphatic heterocycles. The van der Waals surface area contributed by atoms with Crippen molar-refractivity contribution in [2.75, 3.05) is 10.6 Å². The van der Waals surface area contributed by atoms with E-state index in [0.29, 0.717) is 17.3 Å². The van der Waals surface area contributed by atoms with Crippen LogP contribution in [-0.4, -0.2) is 38.0 Å². The van der Waals surface area contributed by atoms with Crippen molar-refractivity contribution in [3.8, 4) is 0 Å². The van der Waals surface area contributed by atoms with Crippen LogP contribution < -0.4 is 16.0 Å². The van der Waals surface area contributed by atoms with Gasteiger partial charge in [0.1, 0.15) is 6.54 Å². The van der Waals surface area contributed by atoms with Gasteiger partial charge in [-0.25, -0.2) is 4.79 Å². The Morgan fingerprint density at radius 1 is 1.15 bits per heavy atom. The summed E-state index contributed by atoms with van der Waals surface area (Å²) in [5, 5.41) is 19.6. The highest BCUT2D eigenvalue weighted by atomic mass is 16.2. The molecule has 9 heteroatoms. The molecule has 0 bridgehead atoms. The molecule has 2 aliphatic carbocycles. The Morgan fingerprint density at radius 2 is 1.96 bits per heavy atom. The number of H-pyrrole nitrogens is 1. The number of nitrogens with one attached hydrogen (secondary N) is 4. The molecule has 4 N–H and O–H groups in total. The van der Waals surface area contributed by atoms with E-state index in [4.69, 9.17) is 0 Å².